The van der Waals surface area contributed by atoms with Gasteiger partial charge in [-0.15, -0.1) is 0 Å². The first-order valence-electron chi connectivity index (χ1n) is 10.5. The van der Waals surface area contributed by atoms with E-state index in [0.29, 0.717) is 25.1 Å². The van der Waals surface area contributed by atoms with E-state index in [-0.39, 0.29) is 16.8 Å². The topological polar surface area (TPSA) is 66.5 Å². The summed E-state index contributed by atoms with van der Waals surface area (Å²) in [5.41, 5.74) is 2.46. The molecule has 1 aliphatic rings. The summed E-state index contributed by atoms with van der Waals surface area (Å²) >= 11 is 0. The summed E-state index contributed by atoms with van der Waals surface area (Å²) in [6, 6.07) is 25.9. The highest BCUT2D eigenvalue weighted by molar-refractivity contribution is 7.89. The first kappa shape index (κ1) is 21.3. The SMILES string of the molecule is O=C(N[C@H](Cc1ccccc1)c1ccccc1)c1cccc(S(=O)(=O)N2CCCC2)c1. The Hall–Kier alpha value is -2.96. The molecule has 4 rings (SSSR count). The van der Waals surface area contributed by atoms with Gasteiger partial charge in [0.05, 0.1) is 10.9 Å². The van der Waals surface area contributed by atoms with Gasteiger partial charge in [0.15, 0.2) is 0 Å². The Morgan fingerprint density at radius 1 is 0.871 bits per heavy atom. The molecule has 6 heteroatoms. The molecule has 0 radical (unpaired) electrons. The van der Waals surface area contributed by atoms with Crippen molar-refractivity contribution in [3.63, 3.8) is 0 Å². The number of carbonyl (C=O) groups is 1. The standard InChI is InChI=1S/C25H26N2O3S/c28-25(22-14-9-15-23(19-22)31(29,30)27-16-7-8-17-27)26-24(21-12-5-2-6-13-21)18-20-10-3-1-4-11-20/h1-6,9-15,19,24H,7-8,16-18H2,(H,26,28)/t24-/m1/s1. The molecule has 1 aliphatic heterocycles. The van der Waals surface area contributed by atoms with Crippen LogP contribution in [0.3, 0.4) is 0 Å². The molecule has 1 atom stereocenters. The number of hydrogen-bond donors (Lipinski definition) is 1. The van der Waals surface area contributed by atoms with Gasteiger partial charge in [-0.3, -0.25) is 4.79 Å². The lowest BCUT2D eigenvalue weighted by molar-refractivity contribution is 0.0936. The molecule has 160 valence electrons. The second-order valence-corrected chi connectivity index (χ2v) is 9.70. The van der Waals surface area contributed by atoms with Gasteiger partial charge in [-0.1, -0.05) is 66.7 Å². The molecular formula is C25H26N2O3S. The van der Waals surface area contributed by atoms with E-state index in [1.165, 1.54) is 10.4 Å². The molecule has 0 saturated carbocycles. The van der Waals surface area contributed by atoms with E-state index in [1.807, 2.05) is 60.7 Å². The molecule has 1 fully saturated rings. The number of amides is 1. The molecule has 1 saturated heterocycles. The fourth-order valence-corrected chi connectivity index (χ4v) is 5.47. The molecule has 1 heterocycles. The summed E-state index contributed by atoms with van der Waals surface area (Å²) in [6.45, 7) is 1.07. The highest BCUT2D eigenvalue weighted by atomic mass is 32.2. The minimum Gasteiger partial charge on any atom is -0.345 e. The van der Waals surface area contributed by atoms with Gasteiger partial charge in [0, 0.05) is 18.7 Å². The van der Waals surface area contributed by atoms with Crippen LogP contribution in [0, 0.1) is 0 Å². The molecule has 3 aromatic carbocycles. The highest BCUT2D eigenvalue weighted by Gasteiger charge is 2.28. The molecule has 31 heavy (non-hydrogen) atoms. The normalized spacial score (nSPS) is 15.5. The van der Waals surface area contributed by atoms with Crippen LogP contribution in [-0.2, 0) is 16.4 Å². The summed E-state index contributed by atoms with van der Waals surface area (Å²) in [5.74, 6) is -0.289. The number of nitrogens with one attached hydrogen (secondary N) is 1. The van der Waals surface area contributed by atoms with E-state index in [2.05, 4.69) is 5.32 Å². The summed E-state index contributed by atoms with van der Waals surface area (Å²) in [4.78, 5) is 13.3. The Balaban J connectivity index is 1.57. The Bertz CT molecular complexity index is 1130. The van der Waals surface area contributed by atoms with Gasteiger partial charge in [-0.25, -0.2) is 8.42 Å². The van der Waals surface area contributed by atoms with Crippen LogP contribution in [0.15, 0.2) is 89.8 Å². The van der Waals surface area contributed by atoms with E-state index in [1.54, 1.807) is 18.2 Å². The zero-order valence-corrected chi connectivity index (χ0v) is 18.1. The van der Waals surface area contributed by atoms with Crippen molar-refractivity contribution in [1.29, 1.82) is 0 Å². The van der Waals surface area contributed by atoms with Crippen molar-refractivity contribution >= 4 is 15.9 Å². The predicted octanol–water partition coefficient (Wildman–Crippen LogP) is 4.18. The Morgan fingerprint density at radius 3 is 2.19 bits per heavy atom. The van der Waals surface area contributed by atoms with Gasteiger partial charge in [0.2, 0.25) is 10.0 Å². The summed E-state index contributed by atoms with van der Waals surface area (Å²) in [5, 5.41) is 3.10. The lowest BCUT2D eigenvalue weighted by Crippen LogP contribution is -2.31. The van der Waals surface area contributed by atoms with Crippen LogP contribution in [-0.4, -0.2) is 31.7 Å². The monoisotopic (exact) mass is 434 g/mol. The maximum Gasteiger partial charge on any atom is 0.251 e. The summed E-state index contributed by atoms with van der Waals surface area (Å²) in [6.07, 6.45) is 2.39. The van der Waals surface area contributed by atoms with Gasteiger partial charge >= 0.3 is 0 Å². The Morgan fingerprint density at radius 2 is 1.52 bits per heavy atom. The molecule has 0 unspecified atom stereocenters. The molecule has 0 aromatic heterocycles. The first-order valence-corrected chi connectivity index (χ1v) is 12.0. The fourth-order valence-electron chi connectivity index (χ4n) is 3.90. The lowest BCUT2D eigenvalue weighted by atomic mass is 9.98. The maximum absolute atomic E-state index is 13.1. The van der Waals surface area contributed by atoms with Gasteiger partial charge in [-0.2, -0.15) is 4.31 Å². The third-order valence-electron chi connectivity index (χ3n) is 5.59. The number of rotatable bonds is 7. The Kier molecular flexibility index (Phi) is 6.49. The second kappa shape index (κ2) is 9.45. The average molecular weight is 435 g/mol. The zero-order valence-electron chi connectivity index (χ0n) is 17.3. The van der Waals surface area contributed by atoms with E-state index in [4.69, 9.17) is 0 Å². The fraction of sp³-hybridized carbons (Fsp3) is 0.240. The molecule has 0 spiro atoms. The van der Waals surface area contributed by atoms with Crippen LogP contribution in [0.2, 0.25) is 0 Å². The van der Waals surface area contributed by atoms with Gasteiger partial charge in [-0.05, 0) is 48.6 Å². The molecule has 3 aromatic rings. The van der Waals surface area contributed by atoms with Crippen molar-refractivity contribution in [1.82, 2.24) is 9.62 Å². The lowest BCUT2D eigenvalue weighted by Gasteiger charge is -2.20. The molecule has 5 nitrogen and oxygen atoms in total. The van der Waals surface area contributed by atoms with E-state index >= 15 is 0 Å². The number of benzene rings is 3. The zero-order chi connectivity index (χ0) is 21.7. The number of sulfonamides is 1. The molecular weight excluding hydrogens is 408 g/mol. The summed E-state index contributed by atoms with van der Waals surface area (Å²) in [7, 11) is -3.57. The highest BCUT2D eigenvalue weighted by Crippen LogP contribution is 2.23. The smallest absolute Gasteiger partial charge is 0.251 e. The number of hydrogen-bond acceptors (Lipinski definition) is 3. The van der Waals surface area contributed by atoms with Crippen LogP contribution in [0.5, 0.6) is 0 Å². The van der Waals surface area contributed by atoms with Gasteiger partial charge in [0.1, 0.15) is 0 Å². The maximum atomic E-state index is 13.1. The van der Waals surface area contributed by atoms with Crippen LogP contribution < -0.4 is 5.32 Å². The number of carbonyl (C=O) groups excluding carboxylic acids is 1. The minimum absolute atomic E-state index is 0.168. The van der Waals surface area contributed by atoms with Crippen molar-refractivity contribution in [2.45, 2.75) is 30.2 Å². The summed E-state index contributed by atoms with van der Waals surface area (Å²) < 4.78 is 27.3. The first-order chi connectivity index (χ1) is 15.0. The molecule has 1 amide bonds. The third-order valence-corrected chi connectivity index (χ3v) is 7.48. The predicted molar refractivity (Wildman–Crippen MR) is 121 cm³/mol. The van der Waals surface area contributed by atoms with E-state index < -0.39 is 10.0 Å². The van der Waals surface area contributed by atoms with Crippen LogP contribution in [0.4, 0.5) is 0 Å². The van der Waals surface area contributed by atoms with Crippen molar-refractivity contribution < 1.29 is 13.2 Å². The van der Waals surface area contributed by atoms with Crippen LogP contribution in [0.25, 0.3) is 0 Å². The Labute approximate surface area is 183 Å². The third kappa shape index (κ3) is 5.03. The molecule has 1 N–H and O–H groups in total. The van der Waals surface area contributed by atoms with Gasteiger partial charge in [0.25, 0.3) is 5.91 Å². The van der Waals surface area contributed by atoms with Crippen LogP contribution >= 0.6 is 0 Å². The minimum atomic E-state index is -3.57. The molecule has 0 bridgehead atoms. The van der Waals surface area contributed by atoms with E-state index in [0.717, 1.165) is 24.0 Å². The van der Waals surface area contributed by atoms with Crippen LogP contribution in [0.1, 0.15) is 40.4 Å². The van der Waals surface area contributed by atoms with Crippen molar-refractivity contribution in [3.8, 4) is 0 Å². The van der Waals surface area contributed by atoms with Crippen molar-refractivity contribution in [3.05, 3.63) is 102 Å². The number of nitrogens with zero attached hydrogens (tertiary/aromatic N) is 1. The van der Waals surface area contributed by atoms with Crippen molar-refractivity contribution in [2.24, 2.45) is 0 Å². The largest absolute Gasteiger partial charge is 0.345 e. The van der Waals surface area contributed by atoms with Crippen molar-refractivity contribution in [2.75, 3.05) is 13.1 Å². The van der Waals surface area contributed by atoms with Gasteiger partial charge < -0.3 is 5.32 Å². The molecule has 0 aliphatic carbocycles. The van der Waals surface area contributed by atoms with E-state index in [9.17, 15) is 13.2 Å². The quantitative estimate of drug-likeness (QED) is 0.607. The second-order valence-electron chi connectivity index (χ2n) is 7.77. The average Bonchev–Trinajstić information content (AvgIpc) is 3.36.